The first-order valence-corrected chi connectivity index (χ1v) is 7.93. The zero-order valence-corrected chi connectivity index (χ0v) is 13.4. The van der Waals surface area contributed by atoms with Crippen LogP contribution in [0.25, 0.3) is 0 Å². The van der Waals surface area contributed by atoms with E-state index in [1.165, 1.54) is 5.12 Å². The van der Waals surface area contributed by atoms with Gasteiger partial charge in [0, 0.05) is 23.8 Å². The first-order valence-electron chi connectivity index (χ1n) is 7.11. The Hall–Kier alpha value is -1.48. The number of hydrogen-bond acceptors (Lipinski definition) is 7. The zero-order chi connectivity index (χ0) is 15.8. The molecule has 6 N–H and O–H groups in total. The van der Waals surface area contributed by atoms with Gasteiger partial charge in [0.25, 0.3) is 0 Å². The Morgan fingerprint density at radius 2 is 1.86 bits per heavy atom. The Bertz CT molecular complexity index is 548. The zero-order valence-electron chi connectivity index (χ0n) is 12.6. The SMILES string of the molecule is CCNSc1ccc(C(N)NN(N)Cc2ccncc2)cc1. The lowest BCUT2D eigenvalue weighted by Crippen LogP contribution is -2.47. The molecule has 1 atom stereocenters. The number of benzene rings is 1. The second kappa shape index (κ2) is 8.84. The number of rotatable bonds is 8. The van der Waals surface area contributed by atoms with E-state index in [4.69, 9.17) is 11.6 Å². The van der Waals surface area contributed by atoms with E-state index in [0.29, 0.717) is 6.54 Å². The molecular weight excluding hydrogens is 296 g/mol. The molecule has 0 bridgehead atoms. The largest absolute Gasteiger partial charge is 0.311 e. The van der Waals surface area contributed by atoms with E-state index in [1.54, 1.807) is 24.3 Å². The average Bonchev–Trinajstić information content (AvgIpc) is 2.54. The van der Waals surface area contributed by atoms with E-state index < -0.39 is 0 Å². The molecule has 22 heavy (non-hydrogen) atoms. The van der Waals surface area contributed by atoms with Crippen LogP contribution >= 0.6 is 11.9 Å². The summed E-state index contributed by atoms with van der Waals surface area (Å²) in [5, 5.41) is 1.49. The minimum absolute atomic E-state index is 0.356. The molecule has 6 nitrogen and oxygen atoms in total. The fraction of sp³-hybridized carbons (Fsp3) is 0.267. The molecule has 1 unspecified atom stereocenters. The summed E-state index contributed by atoms with van der Waals surface area (Å²) in [6.45, 7) is 3.54. The van der Waals surface area contributed by atoms with E-state index in [9.17, 15) is 0 Å². The molecule has 118 valence electrons. The summed E-state index contributed by atoms with van der Waals surface area (Å²) < 4.78 is 3.21. The van der Waals surface area contributed by atoms with E-state index in [2.05, 4.69) is 22.1 Å². The second-order valence-corrected chi connectivity index (χ2v) is 5.72. The fourth-order valence-electron chi connectivity index (χ4n) is 1.88. The van der Waals surface area contributed by atoms with Gasteiger partial charge in [0.15, 0.2) is 0 Å². The molecular formula is C15H22N6S. The Morgan fingerprint density at radius 1 is 1.18 bits per heavy atom. The number of hydrazine groups is 2. The number of nitrogens with zero attached hydrogens (tertiary/aromatic N) is 2. The van der Waals surface area contributed by atoms with Crippen LogP contribution in [0.3, 0.4) is 0 Å². The van der Waals surface area contributed by atoms with Crippen LogP contribution < -0.4 is 21.7 Å². The van der Waals surface area contributed by atoms with Crippen molar-refractivity contribution in [2.24, 2.45) is 11.6 Å². The van der Waals surface area contributed by atoms with Gasteiger partial charge in [-0.25, -0.2) is 5.43 Å². The Kier molecular flexibility index (Phi) is 6.78. The summed E-state index contributed by atoms with van der Waals surface area (Å²) in [6, 6.07) is 11.9. The fourth-order valence-corrected chi connectivity index (χ4v) is 2.47. The molecule has 0 fully saturated rings. The second-order valence-electron chi connectivity index (χ2n) is 4.76. The molecule has 2 aromatic rings. The summed E-state index contributed by atoms with van der Waals surface area (Å²) >= 11 is 1.60. The number of nitrogens with two attached hydrogens (primary N) is 2. The van der Waals surface area contributed by atoms with Gasteiger partial charge in [0.05, 0.1) is 12.7 Å². The van der Waals surface area contributed by atoms with Crippen LogP contribution in [0.1, 0.15) is 24.2 Å². The van der Waals surface area contributed by atoms with E-state index in [1.807, 2.05) is 36.4 Å². The quantitative estimate of drug-likeness (QED) is 0.254. The van der Waals surface area contributed by atoms with Gasteiger partial charge in [0.1, 0.15) is 0 Å². The van der Waals surface area contributed by atoms with Gasteiger partial charge in [0.2, 0.25) is 0 Å². The lowest BCUT2D eigenvalue weighted by atomic mass is 10.2. The van der Waals surface area contributed by atoms with Crippen LogP contribution in [0.4, 0.5) is 0 Å². The highest BCUT2D eigenvalue weighted by Gasteiger charge is 2.09. The predicted molar refractivity (Wildman–Crippen MR) is 90.0 cm³/mol. The van der Waals surface area contributed by atoms with Crippen molar-refractivity contribution >= 4 is 11.9 Å². The van der Waals surface area contributed by atoms with Crippen molar-refractivity contribution in [2.45, 2.75) is 24.5 Å². The molecule has 0 aliphatic heterocycles. The molecule has 0 saturated carbocycles. The highest BCUT2D eigenvalue weighted by molar-refractivity contribution is 7.97. The monoisotopic (exact) mass is 318 g/mol. The van der Waals surface area contributed by atoms with Gasteiger partial charge in [-0.2, -0.15) is 5.12 Å². The summed E-state index contributed by atoms with van der Waals surface area (Å²) in [5.74, 6) is 5.95. The summed E-state index contributed by atoms with van der Waals surface area (Å²) in [6.07, 6.45) is 3.12. The Labute approximate surface area is 135 Å². The maximum absolute atomic E-state index is 6.13. The van der Waals surface area contributed by atoms with E-state index in [0.717, 1.165) is 22.6 Å². The number of nitrogens with one attached hydrogen (secondary N) is 2. The number of hydrogen-bond donors (Lipinski definition) is 4. The first-order chi connectivity index (χ1) is 10.7. The van der Waals surface area contributed by atoms with Crippen LogP contribution in [0.2, 0.25) is 0 Å². The van der Waals surface area contributed by atoms with Crippen molar-refractivity contribution in [1.82, 2.24) is 20.2 Å². The average molecular weight is 318 g/mol. The van der Waals surface area contributed by atoms with Crippen molar-refractivity contribution in [2.75, 3.05) is 6.54 Å². The van der Waals surface area contributed by atoms with Crippen molar-refractivity contribution in [3.63, 3.8) is 0 Å². The molecule has 1 aromatic heterocycles. The van der Waals surface area contributed by atoms with Crippen LogP contribution in [0.15, 0.2) is 53.7 Å². The van der Waals surface area contributed by atoms with Crippen LogP contribution in [-0.4, -0.2) is 16.6 Å². The normalized spacial score (nSPS) is 12.5. The van der Waals surface area contributed by atoms with Crippen LogP contribution in [0.5, 0.6) is 0 Å². The maximum Gasteiger partial charge on any atom is 0.0954 e. The summed E-state index contributed by atoms with van der Waals surface area (Å²) in [4.78, 5) is 5.13. The third kappa shape index (κ3) is 5.38. The Balaban J connectivity index is 1.87. The highest BCUT2D eigenvalue weighted by atomic mass is 32.2. The highest BCUT2D eigenvalue weighted by Crippen LogP contribution is 2.17. The molecule has 0 aliphatic rings. The minimum atomic E-state index is -0.356. The van der Waals surface area contributed by atoms with Crippen molar-refractivity contribution in [1.29, 1.82) is 0 Å². The van der Waals surface area contributed by atoms with Gasteiger partial charge < -0.3 is 5.73 Å². The minimum Gasteiger partial charge on any atom is -0.311 e. The molecule has 0 spiro atoms. The molecule has 0 saturated heterocycles. The smallest absolute Gasteiger partial charge is 0.0954 e. The van der Waals surface area contributed by atoms with Crippen molar-refractivity contribution < 1.29 is 0 Å². The van der Waals surface area contributed by atoms with Gasteiger partial charge in [-0.3, -0.25) is 15.5 Å². The van der Waals surface area contributed by atoms with Crippen LogP contribution in [-0.2, 0) is 6.54 Å². The van der Waals surface area contributed by atoms with Gasteiger partial charge >= 0.3 is 0 Å². The lowest BCUT2D eigenvalue weighted by molar-refractivity contribution is 0.152. The Morgan fingerprint density at radius 3 is 2.50 bits per heavy atom. The third-order valence-corrected chi connectivity index (χ3v) is 3.92. The van der Waals surface area contributed by atoms with Gasteiger partial charge in [-0.05, 0) is 47.3 Å². The molecule has 0 amide bonds. The lowest BCUT2D eigenvalue weighted by Gasteiger charge is -2.23. The molecule has 0 aliphatic carbocycles. The molecule has 0 radical (unpaired) electrons. The molecule has 7 heteroatoms. The van der Waals surface area contributed by atoms with Gasteiger partial charge in [-0.15, -0.1) is 0 Å². The first kappa shape index (κ1) is 16.9. The molecule has 2 rings (SSSR count). The van der Waals surface area contributed by atoms with Gasteiger partial charge in [-0.1, -0.05) is 19.1 Å². The van der Waals surface area contributed by atoms with Crippen molar-refractivity contribution in [3.8, 4) is 0 Å². The predicted octanol–water partition coefficient (Wildman–Crippen LogP) is 1.54. The van der Waals surface area contributed by atoms with Crippen molar-refractivity contribution in [3.05, 3.63) is 59.9 Å². The third-order valence-electron chi connectivity index (χ3n) is 2.98. The molecule has 1 heterocycles. The van der Waals surface area contributed by atoms with E-state index in [-0.39, 0.29) is 6.17 Å². The number of aromatic nitrogens is 1. The summed E-state index contributed by atoms with van der Waals surface area (Å²) in [5.41, 5.74) is 11.2. The van der Waals surface area contributed by atoms with Crippen LogP contribution in [0, 0.1) is 0 Å². The summed E-state index contributed by atoms with van der Waals surface area (Å²) in [7, 11) is 0. The number of pyridine rings is 1. The van der Waals surface area contributed by atoms with E-state index >= 15 is 0 Å². The maximum atomic E-state index is 6.13. The topological polar surface area (TPSA) is 92.2 Å². The standard InChI is InChI=1S/C15H22N6S/c1-2-19-22-14-5-3-13(4-6-14)15(16)20-21(17)11-12-7-9-18-10-8-12/h3-10,15,19-20H,2,11,16-17H2,1H3. The molecule has 1 aromatic carbocycles.